The topological polar surface area (TPSA) is 71.0 Å². The van der Waals surface area contributed by atoms with Crippen LogP contribution < -0.4 is 10.2 Å². The van der Waals surface area contributed by atoms with E-state index in [2.05, 4.69) is 20.3 Å². The lowest BCUT2D eigenvalue weighted by Crippen LogP contribution is -2.24. The fourth-order valence-corrected chi connectivity index (χ4v) is 2.66. The maximum Gasteiger partial charge on any atom is 0.274 e. The highest BCUT2D eigenvalue weighted by Gasteiger charge is 2.12. The number of aromatic nitrogens is 3. The van der Waals surface area contributed by atoms with Gasteiger partial charge in [-0.2, -0.15) is 0 Å². The third-order valence-electron chi connectivity index (χ3n) is 4.34. The highest BCUT2D eigenvalue weighted by atomic mass is 16.1. The Balaban J connectivity index is 1.68. The Morgan fingerprint density at radius 2 is 1.85 bits per heavy atom. The maximum absolute atomic E-state index is 12.6. The Hall–Kier alpha value is -3.28. The minimum absolute atomic E-state index is 0.241. The molecule has 0 fully saturated rings. The summed E-state index contributed by atoms with van der Waals surface area (Å²) in [6.45, 7) is 4.70. The minimum Gasteiger partial charge on any atom is -0.344 e. The number of aryl methyl sites for hydroxylation is 2. The Morgan fingerprint density at radius 1 is 1.07 bits per heavy atom. The molecule has 0 atom stereocenters. The molecule has 0 aliphatic heterocycles. The molecule has 0 saturated heterocycles. The van der Waals surface area contributed by atoms with Crippen LogP contribution in [0.25, 0.3) is 0 Å². The summed E-state index contributed by atoms with van der Waals surface area (Å²) in [7, 11) is 1.92. The molecule has 0 radical (unpaired) electrons. The second kappa shape index (κ2) is 8.40. The van der Waals surface area contributed by atoms with Crippen molar-refractivity contribution in [2.45, 2.75) is 20.3 Å². The third-order valence-corrected chi connectivity index (χ3v) is 4.34. The summed E-state index contributed by atoms with van der Waals surface area (Å²) in [4.78, 5) is 27.3. The standard InChI is InChI=1S/C21H23N5O/c1-15-4-5-16(2)19(14-15)24-20(27)18-8-12-23-21(25-18)26(3)13-9-17-6-10-22-11-7-17/h4-8,10-12,14H,9,13H2,1-3H3,(H,24,27). The first-order chi connectivity index (χ1) is 13.0. The van der Waals surface area contributed by atoms with Crippen molar-refractivity contribution in [3.63, 3.8) is 0 Å². The van der Waals surface area contributed by atoms with Gasteiger partial charge >= 0.3 is 0 Å². The maximum atomic E-state index is 12.6. The van der Waals surface area contributed by atoms with Crippen molar-refractivity contribution >= 4 is 17.5 Å². The molecule has 3 aromatic rings. The zero-order chi connectivity index (χ0) is 19.2. The zero-order valence-corrected chi connectivity index (χ0v) is 15.8. The van der Waals surface area contributed by atoms with Crippen molar-refractivity contribution in [1.82, 2.24) is 15.0 Å². The van der Waals surface area contributed by atoms with Crippen LogP contribution in [-0.2, 0) is 6.42 Å². The van der Waals surface area contributed by atoms with E-state index in [0.29, 0.717) is 11.6 Å². The van der Waals surface area contributed by atoms with Crippen molar-refractivity contribution in [2.75, 3.05) is 23.8 Å². The zero-order valence-electron chi connectivity index (χ0n) is 15.8. The van der Waals surface area contributed by atoms with Crippen LogP contribution in [0.5, 0.6) is 0 Å². The van der Waals surface area contributed by atoms with Gasteiger partial charge in [0.15, 0.2) is 0 Å². The summed E-state index contributed by atoms with van der Waals surface area (Å²) < 4.78 is 0. The number of carbonyl (C=O) groups excluding carboxylic acids is 1. The number of likely N-dealkylation sites (N-methyl/N-ethyl adjacent to an activating group) is 1. The number of hydrogen-bond acceptors (Lipinski definition) is 5. The second-order valence-electron chi connectivity index (χ2n) is 6.54. The van der Waals surface area contributed by atoms with Crippen molar-refractivity contribution in [3.05, 3.63) is 77.4 Å². The van der Waals surface area contributed by atoms with E-state index in [4.69, 9.17) is 0 Å². The predicted molar refractivity (Wildman–Crippen MR) is 107 cm³/mol. The molecule has 2 heterocycles. The molecule has 1 N–H and O–H groups in total. The minimum atomic E-state index is -0.241. The van der Waals surface area contributed by atoms with Crippen LogP contribution in [0.15, 0.2) is 55.0 Å². The fraction of sp³-hybridized carbons (Fsp3) is 0.238. The van der Waals surface area contributed by atoms with Gasteiger partial charge in [0.1, 0.15) is 5.69 Å². The van der Waals surface area contributed by atoms with E-state index >= 15 is 0 Å². The number of nitrogens with zero attached hydrogens (tertiary/aromatic N) is 4. The molecule has 6 heteroatoms. The number of hydrogen-bond donors (Lipinski definition) is 1. The smallest absolute Gasteiger partial charge is 0.274 e. The van der Waals surface area contributed by atoms with Crippen molar-refractivity contribution < 1.29 is 4.79 Å². The highest BCUT2D eigenvalue weighted by Crippen LogP contribution is 2.17. The molecule has 1 amide bonds. The van der Waals surface area contributed by atoms with E-state index in [1.807, 2.05) is 56.1 Å². The van der Waals surface area contributed by atoms with Gasteiger partial charge in [-0.1, -0.05) is 12.1 Å². The molecule has 27 heavy (non-hydrogen) atoms. The molecular weight excluding hydrogens is 338 g/mol. The van der Waals surface area contributed by atoms with E-state index in [9.17, 15) is 4.79 Å². The monoisotopic (exact) mass is 361 g/mol. The normalized spacial score (nSPS) is 10.5. The SMILES string of the molecule is Cc1ccc(C)c(NC(=O)c2ccnc(N(C)CCc3ccncc3)n2)c1. The molecule has 3 rings (SSSR count). The summed E-state index contributed by atoms with van der Waals surface area (Å²) in [5, 5.41) is 2.94. The van der Waals surface area contributed by atoms with Crippen molar-refractivity contribution in [2.24, 2.45) is 0 Å². The third kappa shape index (κ3) is 4.88. The number of benzene rings is 1. The second-order valence-corrected chi connectivity index (χ2v) is 6.54. The molecule has 138 valence electrons. The number of carbonyl (C=O) groups is 1. The summed E-state index contributed by atoms with van der Waals surface area (Å²) in [6, 6.07) is 11.6. The first-order valence-corrected chi connectivity index (χ1v) is 8.84. The highest BCUT2D eigenvalue weighted by molar-refractivity contribution is 6.03. The van der Waals surface area contributed by atoms with Crippen LogP contribution in [0.2, 0.25) is 0 Å². The van der Waals surface area contributed by atoms with Crippen LogP contribution in [0.1, 0.15) is 27.2 Å². The predicted octanol–water partition coefficient (Wildman–Crippen LogP) is 3.42. The average Bonchev–Trinajstić information content (AvgIpc) is 2.69. The Labute approximate surface area is 159 Å². The van der Waals surface area contributed by atoms with Crippen molar-refractivity contribution in [1.29, 1.82) is 0 Å². The molecule has 0 spiro atoms. The molecular formula is C21H23N5O. The van der Waals surface area contributed by atoms with E-state index < -0.39 is 0 Å². The van der Waals surface area contributed by atoms with Gasteiger partial charge < -0.3 is 10.2 Å². The summed E-state index contributed by atoms with van der Waals surface area (Å²) in [6.07, 6.45) is 6.03. The lowest BCUT2D eigenvalue weighted by Gasteiger charge is -2.17. The summed E-state index contributed by atoms with van der Waals surface area (Å²) >= 11 is 0. The molecule has 6 nitrogen and oxygen atoms in total. The Bertz CT molecular complexity index is 927. The van der Waals surface area contributed by atoms with Gasteiger partial charge in [-0.25, -0.2) is 9.97 Å². The number of anilines is 2. The number of rotatable bonds is 6. The van der Waals surface area contributed by atoms with E-state index in [1.165, 1.54) is 5.56 Å². The largest absolute Gasteiger partial charge is 0.344 e. The molecule has 0 unspecified atom stereocenters. The molecule has 2 aromatic heterocycles. The lowest BCUT2D eigenvalue weighted by molar-refractivity contribution is 0.102. The van der Waals surface area contributed by atoms with E-state index in [-0.39, 0.29) is 5.91 Å². The lowest BCUT2D eigenvalue weighted by atomic mass is 10.1. The Kier molecular flexibility index (Phi) is 5.76. The fourth-order valence-electron chi connectivity index (χ4n) is 2.66. The van der Waals surface area contributed by atoms with Crippen LogP contribution in [0, 0.1) is 13.8 Å². The van der Waals surface area contributed by atoms with Gasteiger partial charge in [0.05, 0.1) is 0 Å². The number of nitrogens with one attached hydrogen (secondary N) is 1. The van der Waals surface area contributed by atoms with Gasteiger partial charge in [0.2, 0.25) is 5.95 Å². The van der Waals surface area contributed by atoms with Gasteiger partial charge in [-0.05, 0) is 61.2 Å². The summed E-state index contributed by atoms with van der Waals surface area (Å²) in [5.41, 5.74) is 4.44. The van der Waals surface area contributed by atoms with Gasteiger partial charge in [0, 0.05) is 37.9 Å². The number of pyridine rings is 1. The van der Waals surface area contributed by atoms with Gasteiger partial charge in [-0.3, -0.25) is 9.78 Å². The molecule has 0 aliphatic rings. The molecule has 0 aliphatic carbocycles. The van der Waals surface area contributed by atoms with Crippen LogP contribution in [0.4, 0.5) is 11.6 Å². The van der Waals surface area contributed by atoms with Gasteiger partial charge in [-0.15, -0.1) is 0 Å². The number of amides is 1. The van der Waals surface area contributed by atoms with E-state index in [1.54, 1.807) is 24.7 Å². The van der Waals surface area contributed by atoms with Crippen LogP contribution in [-0.4, -0.2) is 34.5 Å². The first-order valence-electron chi connectivity index (χ1n) is 8.84. The Morgan fingerprint density at radius 3 is 2.63 bits per heavy atom. The molecule has 1 aromatic carbocycles. The first kappa shape index (κ1) is 18.5. The van der Waals surface area contributed by atoms with Crippen molar-refractivity contribution in [3.8, 4) is 0 Å². The quantitative estimate of drug-likeness (QED) is 0.728. The average molecular weight is 361 g/mol. The summed E-state index contributed by atoms with van der Waals surface area (Å²) in [5.74, 6) is 0.285. The van der Waals surface area contributed by atoms with Gasteiger partial charge in [0.25, 0.3) is 5.91 Å². The van der Waals surface area contributed by atoms with E-state index in [0.717, 1.165) is 29.8 Å². The van der Waals surface area contributed by atoms with Crippen LogP contribution >= 0.6 is 0 Å². The van der Waals surface area contributed by atoms with Crippen LogP contribution in [0.3, 0.4) is 0 Å². The molecule has 0 saturated carbocycles. The molecule has 0 bridgehead atoms.